The quantitative estimate of drug-likeness (QED) is 0.497. The summed E-state index contributed by atoms with van der Waals surface area (Å²) in [5.41, 5.74) is -0.791. The van der Waals surface area contributed by atoms with Crippen LogP contribution < -0.4 is 16.0 Å². The summed E-state index contributed by atoms with van der Waals surface area (Å²) in [6, 6.07) is -0.447. The van der Waals surface area contributed by atoms with E-state index >= 15 is 0 Å². The number of imide groups is 1. The maximum Gasteiger partial charge on any atom is 0.325 e. The normalized spacial score (nSPS) is 27.5. The van der Waals surface area contributed by atoms with Crippen LogP contribution in [0, 0.1) is 5.92 Å². The van der Waals surface area contributed by atoms with Crippen LogP contribution in [0.2, 0.25) is 0 Å². The van der Waals surface area contributed by atoms with Gasteiger partial charge in [0.15, 0.2) is 0 Å². The van der Waals surface area contributed by atoms with Crippen LogP contribution in [-0.2, 0) is 9.59 Å². The summed E-state index contributed by atoms with van der Waals surface area (Å²) < 4.78 is 0. The molecule has 2 unspecified atom stereocenters. The molecule has 0 radical (unpaired) electrons. The molecule has 1 aliphatic carbocycles. The van der Waals surface area contributed by atoms with Crippen molar-refractivity contribution in [2.45, 2.75) is 38.1 Å². The largest absolute Gasteiger partial charge is 0.353 e. The molecule has 7 nitrogen and oxygen atoms in total. The van der Waals surface area contributed by atoms with E-state index in [1.807, 2.05) is 6.92 Å². The summed E-state index contributed by atoms with van der Waals surface area (Å²) in [5, 5.41) is 8.43. The zero-order valence-corrected chi connectivity index (χ0v) is 13.9. The Labute approximate surface area is 137 Å². The van der Waals surface area contributed by atoms with Crippen LogP contribution in [0.4, 0.5) is 4.79 Å². The number of halogens is 1. The lowest BCUT2D eigenvalue weighted by atomic mass is 9.73. The lowest BCUT2D eigenvalue weighted by molar-refractivity contribution is -0.137. The Morgan fingerprint density at radius 2 is 2.09 bits per heavy atom. The van der Waals surface area contributed by atoms with Crippen molar-refractivity contribution in [3.63, 3.8) is 0 Å². The predicted molar refractivity (Wildman–Crippen MR) is 84.8 cm³/mol. The molecule has 1 aliphatic heterocycles. The van der Waals surface area contributed by atoms with Crippen LogP contribution in [0.1, 0.15) is 32.6 Å². The molecule has 0 aromatic rings. The summed E-state index contributed by atoms with van der Waals surface area (Å²) in [7, 11) is 1.79. The van der Waals surface area contributed by atoms with Crippen LogP contribution in [0.25, 0.3) is 0 Å². The fourth-order valence-electron chi connectivity index (χ4n) is 3.17. The van der Waals surface area contributed by atoms with Gasteiger partial charge in [0, 0.05) is 13.1 Å². The Kier molecular flexibility index (Phi) is 6.62. The summed E-state index contributed by atoms with van der Waals surface area (Å²) in [5.74, 6) is -0.446. The lowest BCUT2D eigenvalue weighted by Gasteiger charge is -2.36. The van der Waals surface area contributed by atoms with E-state index in [1.54, 1.807) is 7.05 Å². The van der Waals surface area contributed by atoms with E-state index in [4.69, 9.17) is 0 Å². The molecule has 4 amide bonds. The minimum Gasteiger partial charge on any atom is -0.353 e. The van der Waals surface area contributed by atoms with Crippen molar-refractivity contribution in [1.82, 2.24) is 20.9 Å². The van der Waals surface area contributed by atoms with Crippen molar-refractivity contribution in [3.05, 3.63) is 0 Å². The lowest BCUT2D eigenvalue weighted by Crippen LogP contribution is -2.54. The smallest absolute Gasteiger partial charge is 0.325 e. The van der Waals surface area contributed by atoms with Gasteiger partial charge in [-0.2, -0.15) is 0 Å². The number of urea groups is 1. The second-order valence-electron chi connectivity index (χ2n) is 5.89. The molecule has 1 heterocycles. The molecule has 2 fully saturated rings. The highest BCUT2D eigenvalue weighted by Crippen LogP contribution is 2.37. The minimum absolute atomic E-state index is 0. The second kappa shape index (κ2) is 7.78. The fraction of sp³-hybridized carbons (Fsp3) is 0.786. The summed E-state index contributed by atoms with van der Waals surface area (Å²) in [6.07, 6.45) is 3.60. The van der Waals surface area contributed by atoms with Gasteiger partial charge in [-0.1, -0.05) is 19.8 Å². The molecule has 0 bridgehead atoms. The first kappa shape index (κ1) is 18.7. The van der Waals surface area contributed by atoms with Crippen LogP contribution in [0.15, 0.2) is 0 Å². The number of rotatable bonds is 5. The predicted octanol–water partition coefficient (Wildman–Crippen LogP) is 0.245. The molecule has 2 aliphatic rings. The Morgan fingerprint density at radius 3 is 2.73 bits per heavy atom. The summed E-state index contributed by atoms with van der Waals surface area (Å²) in [4.78, 5) is 37.5. The van der Waals surface area contributed by atoms with E-state index in [0.29, 0.717) is 19.5 Å². The number of hydrogen-bond acceptors (Lipinski definition) is 4. The van der Waals surface area contributed by atoms with Gasteiger partial charge in [0.25, 0.3) is 5.91 Å². The zero-order valence-electron chi connectivity index (χ0n) is 13.1. The average Bonchev–Trinajstić information content (AvgIpc) is 2.68. The summed E-state index contributed by atoms with van der Waals surface area (Å²) >= 11 is 0. The summed E-state index contributed by atoms with van der Waals surface area (Å²) in [6.45, 7) is 2.91. The third kappa shape index (κ3) is 3.52. The molecule has 1 spiro atoms. The number of likely N-dealkylation sites (N-methyl/N-ethyl adjacent to an activating group) is 1. The highest BCUT2D eigenvalue weighted by Gasteiger charge is 2.55. The molecule has 3 N–H and O–H groups in total. The van der Waals surface area contributed by atoms with Crippen molar-refractivity contribution < 1.29 is 14.4 Å². The van der Waals surface area contributed by atoms with E-state index < -0.39 is 11.6 Å². The highest BCUT2D eigenvalue weighted by atomic mass is 35.5. The van der Waals surface area contributed by atoms with Gasteiger partial charge in [-0.3, -0.25) is 14.5 Å². The Bertz CT molecular complexity index is 446. The van der Waals surface area contributed by atoms with Gasteiger partial charge in [0.05, 0.1) is 0 Å². The first-order valence-corrected chi connectivity index (χ1v) is 7.56. The number of nitrogens with zero attached hydrogens (tertiary/aromatic N) is 1. The van der Waals surface area contributed by atoms with Crippen LogP contribution in [-0.4, -0.2) is 55.0 Å². The molecule has 2 rings (SSSR count). The van der Waals surface area contributed by atoms with Gasteiger partial charge < -0.3 is 16.0 Å². The number of amides is 4. The topological polar surface area (TPSA) is 90.5 Å². The molecule has 126 valence electrons. The van der Waals surface area contributed by atoms with Crippen molar-refractivity contribution >= 4 is 30.3 Å². The fourth-order valence-corrected chi connectivity index (χ4v) is 3.17. The Morgan fingerprint density at radius 1 is 1.36 bits per heavy atom. The SMILES string of the molecule is CNCCNC(=O)CN1C(=O)NC2(CCCCC2C)C1=O.Cl. The molecule has 2 atom stereocenters. The molecule has 0 aromatic heterocycles. The third-order valence-electron chi connectivity index (χ3n) is 4.50. The van der Waals surface area contributed by atoms with E-state index in [1.165, 1.54) is 0 Å². The second-order valence-corrected chi connectivity index (χ2v) is 5.89. The first-order valence-electron chi connectivity index (χ1n) is 7.56. The third-order valence-corrected chi connectivity index (χ3v) is 4.50. The van der Waals surface area contributed by atoms with Gasteiger partial charge >= 0.3 is 6.03 Å². The van der Waals surface area contributed by atoms with Gasteiger partial charge in [-0.05, 0) is 25.8 Å². The Hall–Kier alpha value is -1.34. The molecular weight excluding hydrogens is 308 g/mol. The standard InChI is InChI=1S/C14H24N4O3.ClH/c1-10-5-3-4-6-14(10)12(20)18(13(21)17-14)9-11(19)16-8-7-15-2;/h10,15H,3-9H2,1-2H3,(H,16,19)(H,17,21);1H. The molecule has 8 heteroatoms. The maximum atomic E-state index is 12.6. The molecule has 22 heavy (non-hydrogen) atoms. The number of hydrogen-bond donors (Lipinski definition) is 3. The maximum absolute atomic E-state index is 12.6. The van der Waals surface area contributed by atoms with Crippen molar-refractivity contribution in [3.8, 4) is 0 Å². The Balaban J connectivity index is 0.00000242. The van der Waals surface area contributed by atoms with Crippen molar-refractivity contribution in [2.75, 3.05) is 26.7 Å². The number of carbonyl (C=O) groups is 3. The van der Waals surface area contributed by atoms with Gasteiger partial charge in [0.2, 0.25) is 5.91 Å². The van der Waals surface area contributed by atoms with E-state index in [9.17, 15) is 14.4 Å². The average molecular weight is 333 g/mol. The first-order chi connectivity index (χ1) is 10.0. The van der Waals surface area contributed by atoms with Crippen LogP contribution >= 0.6 is 12.4 Å². The van der Waals surface area contributed by atoms with Gasteiger partial charge in [-0.25, -0.2) is 4.79 Å². The number of carbonyl (C=O) groups excluding carboxylic acids is 3. The van der Waals surface area contributed by atoms with Crippen LogP contribution in [0.3, 0.4) is 0 Å². The van der Waals surface area contributed by atoms with Crippen LogP contribution in [0.5, 0.6) is 0 Å². The minimum atomic E-state index is -0.791. The monoisotopic (exact) mass is 332 g/mol. The van der Waals surface area contributed by atoms with Gasteiger partial charge in [0.1, 0.15) is 12.1 Å². The zero-order chi connectivity index (χ0) is 15.5. The van der Waals surface area contributed by atoms with Crippen molar-refractivity contribution in [2.24, 2.45) is 5.92 Å². The molecular formula is C14H25ClN4O3. The van der Waals surface area contributed by atoms with E-state index in [-0.39, 0.29) is 36.7 Å². The van der Waals surface area contributed by atoms with E-state index in [0.717, 1.165) is 24.2 Å². The van der Waals surface area contributed by atoms with E-state index in [2.05, 4.69) is 16.0 Å². The highest BCUT2D eigenvalue weighted by molar-refractivity contribution is 6.09. The molecule has 1 saturated heterocycles. The molecule has 1 saturated carbocycles. The van der Waals surface area contributed by atoms with Crippen molar-refractivity contribution in [1.29, 1.82) is 0 Å². The molecule has 0 aromatic carbocycles. The van der Waals surface area contributed by atoms with Gasteiger partial charge in [-0.15, -0.1) is 12.4 Å². The number of nitrogens with one attached hydrogen (secondary N) is 3.